The number of methoxy groups -OCH3 is 1. The van der Waals surface area contributed by atoms with Crippen LogP contribution in [0.3, 0.4) is 0 Å². The van der Waals surface area contributed by atoms with Gasteiger partial charge in [-0.15, -0.1) is 11.3 Å². The van der Waals surface area contributed by atoms with E-state index in [4.69, 9.17) is 4.74 Å². The first-order valence-corrected chi connectivity index (χ1v) is 7.81. The summed E-state index contributed by atoms with van der Waals surface area (Å²) in [5.41, 5.74) is 2.19. The SMILES string of the molecule is COc1cccc(CN2C(=O)CC/C2=C\c2cccs2)c1. The first kappa shape index (κ1) is 13.9. The Balaban J connectivity index is 1.82. The van der Waals surface area contributed by atoms with E-state index in [-0.39, 0.29) is 5.91 Å². The van der Waals surface area contributed by atoms with Crippen molar-refractivity contribution in [2.45, 2.75) is 19.4 Å². The first-order valence-electron chi connectivity index (χ1n) is 6.93. The Morgan fingerprint density at radius 2 is 2.19 bits per heavy atom. The maximum Gasteiger partial charge on any atom is 0.227 e. The zero-order valence-electron chi connectivity index (χ0n) is 11.9. The number of hydrogen-bond acceptors (Lipinski definition) is 3. The molecule has 1 aliphatic rings. The Hall–Kier alpha value is -2.07. The van der Waals surface area contributed by atoms with E-state index in [0.29, 0.717) is 13.0 Å². The van der Waals surface area contributed by atoms with Gasteiger partial charge >= 0.3 is 0 Å². The highest BCUT2D eigenvalue weighted by Gasteiger charge is 2.25. The van der Waals surface area contributed by atoms with E-state index in [1.54, 1.807) is 18.4 Å². The molecule has 3 nitrogen and oxygen atoms in total. The summed E-state index contributed by atoms with van der Waals surface area (Å²) < 4.78 is 5.24. The molecule has 1 amide bonds. The third-order valence-electron chi connectivity index (χ3n) is 3.57. The fraction of sp³-hybridized carbons (Fsp3) is 0.235. The summed E-state index contributed by atoms with van der Waals surface area (Å²) in [5.74, 6) is 1.02. The summed E-state index contributed by atoms with van der Waals surface area (Å²) >= 11 is 1.69. The summed E-state index contributed by atoms with van der Waals surface area (Å²) in [6, 6.07) is 12.0. The maximum absolute atomic E-state index is 12.1. The molecule has 0 unspecified atom stereocenters. The molecule has 0 N–H and O–H groups in total. The van der Waals surface area contributed by atoms with Crippen LogP contribution >= 0.6 is 11.3 Å². The normalized spacial score (nSPS) is 16.7. The van der Waals surface area contributed by atoms with Crippen molar-refractivity contribution in [3.63, 3.8) is 0 Å². The van der Waals surface area contributed by atoms with Gasteiger partial charge in [0.2, 0.25) is 5.91 Å². The van der Waals surface area contributed by atoms with Crippen LogP contribution in [0.15, 0.2) is 47.5 Å². The lowest BCUT2D eigenvalue weighted by Crippen LogP contribution is -2.22. The molecule has 0 saturated carbocycles. The molecule has 4 heteroatoms. The van der Waals surface area contributed by atoms with E-state index < -0.39 is 0 Å². The van der Waals surface area contributed by atoms with E-state index in [0.717, 1.165) is 23.4 Å². The van der Waals surface area contributed by atoms with Gasteiger partial charge in [-0.1, -0.05) is 18.2 Å². The summed E-state index contributed by atoms with van der Waals surface area (Å²) in [7, 11) is 1.66. The van der Waals surface area contributed by atoms with Crippen molar-refractivity contribution in [1.29, 1.82) is 0 Å². The number of thiophene rings is 1. The van der Waals surface area contributed by atoms with Crippen LogP contribution < -0.4 is 4.74 Å². The smallest absolute Gasteiger partial charge is 0.227 e. The molecule has 1 aromatic heterocycles. The predicted octanol–water partition coefficient (Wildman–Crippen LogP) is 3.92. The number of hydrogen-bond donors (Lipinski definition) is 0. The van der Waals surface area contributed by atoms with E-state index in [1.807, 2.05) is 35.2 Å². The van der Waals surface area contributed by atoms with Crippen LogP contribution in [-0.2, 0) is 11.3 Å². The van der Waals surface area contributed by atoms with Crippen LogP contribution in [0.2, 0.25) is 0 Å². The molecule has 3 rings (SSSR count). The van der Waals surface area contributed by atoms with Crippen LogP contribution in [0.1, 0.15) is 23.3 Å². The molecule has 0 aliphatic carbocycles. The van der Waals surface area contributed by atoms with Crippen molar-refractivity contribution in [2.75, 3.05) is 7.11 Å². The molecular formula is C17H17NO2S. The van der Waals surface area contributed by atoms with E-state index >= 15 is 0 Å². The van der Waals surface area contributed by atoms with Crippen LogP contribution in [0, 0.1) is 0 Å². The van der Waals surface area contributed by atoms with Gasteiger partial charge in [-0.25, -0.2) is 0 Å². The first-order chi connectivity index (χ1) is 10.3. The molecule has 108 valence electrons. The van der Waals surface area contributed by atoms with Gasteiger partial charge in [-0.3, -0.25) is 4.79 Å². The average molecular weight is 299 g/mol. The van der Waals surface area contributed by atoms with Crippen molar-refractivity contribution in [2.24, 2.45) is 0 Å². The van der Waals surface area contributed by atoms with Crippen LogP contribution in [0.25, 0.3) is 6.08 Å². The minimum Gasteiger partial charge on any atom is -0.497 e. The van der Waals surface area contributed by atoms with Crippen molar-refractivity contribution in [3.05, 3.63) is 57.9 Å². The van der Waals surface area contributed by atoms with Gasteiger partial charge in [0.05, 0.1) is 13.7 Å². The molecule has 0 atom stereocenters. The van der Waals surface area contributed by atoms with E-state index in [9.17, 15) is 4.79 Å². The monoisotopic (exact) mass is 299 g/mol. The van der Waals surface area contributed by atoms with Crippen molar-refractivity contribution in [1.82, 2.24) is 4.90 Å². The van der Waals surface area contributed by atoms with Gasteiger partial charge in [0.1, 0.15) is 5.75 Å². The maximum atomic E-state index is 12.1. The highest BCUT2D eigenvalue weighted by atomic mass is 32.1. The number of allylic oxidation sites excluding steroid dienone is 1. The second-order valence-electron chi connectivity index (χ2n) is 4.98. The Labute approximate surface area is 128 Å². The third kappa shape index (κ3) is 3.16. The topological polar surface area (TPSA) is 29.5 Å². The molecule has 2 aromatic rings. The molecule has 2 heterocycles. The standard InChI is InChI=1S/C17H17NO2S/c1-20-15-5-2-4-13(10-15)12-18-14(7-8-17(18)19)11-16-6-3-9-21-16/h2-6,9-11H,7-8,12H2,1H3/b14-11+. The molecule has 1 aromatic carbocycles. The van der Waals surface area contributed by atoms with Crippen molar-refractivity contribution in [3.8, 4) is 5.75 Å². The molecule has 0 radical (unpaired) electrons. The lowest BCUT2D eigenvalue weighted by molar-refractivity contribution is -0.127. The van der Waals surface area contributed by atoms with Crippen molar-refractivity contribution >= 4 is 23.3 Å². The second kappa shape index (κ2) is 6.14. The molecule has 21 heavy (non-hydrogen) atoms. The van der Waals surface area contributed by atoms with Crippen LogP contribution in [0.5, 0.6) is 5.75 Å². The van der Waals surface area contributed by atoms with E-state index in [2.05, 4.69) is 17.5 Å². The number of rotatable bonds is 4. The Bertz CT molecular complexity index is 661. The largest absolute Gasteiger partial charge is 0.497 e. The number of ether oxygens (including phenoxy) is 1. The number of amides is 1. The van der Waals surface area contributed by atoms with Gasteiger partial charge in [0, 0.05) is 17.0 Å². The van der Waals surface area contributed by atoms with Crippen molar-refractivity contribution < 1.29 is 9.53 Å². The number of carbonyl (C=O) groups excluding carboxylic acids is 1. The second-order valence-corrected chi connectivity index (χ2v) is 5.96. The van der Waals surface area contributed by atoms with E-state index in [1.165, 1.54) is 4.88 Å². The Morgan fingerprint density at radius 1 is 1.29 bits per heavy atom. The fourth-order valence-corrected chi connectivity index (χ4v) is 3.17. The summed E-state index contributed by atoms with van der Waals surface area (Å²) in [4.78, 5) is 15.2. The summed E-state index contributed by atoms with van der Waals surface area (Å²) in [5, 5.41) is 2.05. The van der Waals surface area contributed by atoms with Gasteiger partial charge in [-0.05, 0) is 41.6 Å². The van der Waals surface area contributed by atoms with Gasteiger partial charge in [0.15, 0.2) is 0 Å². The van der Waals surface area contributed by atoms with Gasteiger partial charge in [0.25, 0.3) is 0 Å². The lowest BCUT2D eigenvalue weighted by atomic mass is 10.2. The molecule has 0 spiro atoms. The van der Waals surface area contributed by atoms with Gasteiger partial charge < -0.3 is 9.64 Å². The quantitative estimate of drug-likeness (QED) is 0.856. The molecule has 0 bridgehead atoms. The number of carbonyl (C=O) groups is 1. The summed E-state index contributed by atoms with van der Waals surface area (Å²) in [6.45, 7) is 0.604. The molecule has 1 fully saturated rings. The highest BCUT2D eigenvalue weighted by molar-refractivity contribution is 7.10. The Kier molecular flexibility index (Phi) is 4.06. The molecular weight excluding hydrogens is 282 g/mol. The van der Waals surface area contributed by atoms with Crippen LogP contribution in [0.4, 0.5) is 0 Å². The fourth-order valence-electron chi connectivity index (χ4n) is 2.50. The number of nitrogens with zero attached hydrogens (tertiary/aromatic N) is 1. The molecule has 1 saturated heterocycles. The average Bonchev–Trinajstić information content (AvgIpc) is 3.13. The minimum atomic E-state index is 0.195. The van der Waals surface area contributed by atoms with Gasteiger partial charge in [-0.2, -0.15) is 0 Å². The lowest BCUT2D eigenvalue weighted by Gasteiger charge is -2.18. The number of benzene rings is 1. The molecule has 1 aliphatic heterocycles. The number of likely N-dealkylation sites (tertiary alicyclic amines) is 1. The van der Waals surface area contributed by atoms with Crippen LogP contribution in [-0.4, -0.2) is 17.9 Å². The predicted molar refractivity (Wildman–Crippen MR) is 85.1 cm³/mol. The summed E-state index contributed by atoms with van der Waals surface area (Å²) in [6.07, 6.45) is 3.54. The third-order valence-corrected chi connectivity index (χ3v) is 4.39. The zero-order valence-corrected chi connectivity index (χ0v) is 12.7. The Morgan fingerprint density at radius 3 is 2.95 bits per heavy atom. The zero-order chi connectivity index (χ0) is 14.7. The minimum absolute atomic E-state index is 0.195. The highest BCUT2D eigenvalue weighted by Crippen LogP contribution is 2.28.